The van der Waals surface area contributed by atoms with Crippen molar-refractivity contribution in [3.8, 4) is 0 Å². The molecule has 0 saturated carbocycles. The van der Waals surface area contributed by atoms with E-state index in [0.29, 0.717) is 11.7 Å². The molecule has 2 N–H and O–H groups in total. The van der Waals surface area contributed by atoms with Gasteiger partial charge < -0.3 is 15.5 Å². The summed E-state index contributed by atoms with van der Waals surface area (Å²) < 4.78 is 0. The number of hydrogen-bond acceptors (Lipinski definition) is 7. The first-order valence-electron chi connectivity index (χ1n) is 11.4. The lowest BCUT2D eigenvalue weighted by Gasteiger charge is -2.37. The largest absolute Gasteiger partial charge is 0.399 e. The minimum absolute atomic E-state index is 0.123. The quantitative estimate of drug-likeness (QED) is 0.552. The van der Waals surface area contributed by atoms with Crippen LogP contribution < -0.4 is 5.73 Å². The number of hydrogen-bond donors (Lipinski definition) is 1. The lowest BCUT2D eigenvalue weighted by atomic mass is 9.87. The molecule has 0 aliphatic carbocycles. The Hall–Kier alpha value is -3.00. The van der Waals surface area contributed by atoms with E-state index in [2.05, 4.69) is 24.9 Å². The summed E-state index contributed by atoms with van der Waals surface area (Å²) in [5, 5.41) is 4.29. The molecule has 0 bridgehead atoms. The maximum Gasteiger partial charge on any atom is 0.225 e. The van der Waals surface area contributed by atoms with E-state index in [9.17, 15) is 4.79 Å². The molecule has 2 aromatic heterocycles. The molecule has 2 aliphatic heterocycles. The predicted molar refractivity (Wildman–Crippen MR) is 124 cm³/mol. The monoisotopic (exact) mass is 436 g/mol. The Kier molecular flexibility index (Phi) is 7.32. The predicted octanol–water partition coefficient (Wildman–Crippen LogP) is 2.56. The van der Waals surface area contributed by atoms with Gasteiger partial charge in [-0.2, -0.15) is 0 Å². The average molecular weight is 437 g/mol. The van der Waals surface area contributed by atoms with Crippen LogP contribution in [0.5, 0.6) is 0 Å². The molecule has 32 heavy (non-hydrogen) atoms. The molecular formula is C24H32N6O2. The van der Waals surface area contributed by atoms with Crippen molar-refractivity contribution in [2.45, 2.75) is 32.2 Å². The fourth-order valence-electron chi connectivity index (χ4n) is 4.80. The van der Waals surface area contributed by atoms with E-state index in [0.717, 1.165) is 69.7 Å². The molecule has 0 atom stereocenters. The van der Waals surface area contributed by atoms with E-state index in [4.69, 9.17) is 10.6 Å². The van der Waals surface area contributed by atoms with Gasteiger partial charge in [-0.25, -0.2) is 4.98 Å². The van der Waals surface area contributed by atoms with Crippen LogP contribution in [-0.2, 0) is 16.2 Å². The summed E-state index contributed by atoms with van der Waals surface area (Å²) >= 11 is 0. The maximum absolute atomic E-state index is 13.2. The van der Waals surface area contributed by atoms with Gasteiger partial charge >= 0.3 is 0 Å². The summed E-state index contributed by atoms with van der Waals surface area (Å²) in [7, 11) is 1.58. The maximum atomic E-state index is 13.2. The third-order valence-corrected chi connectivity index (χ3v) is 6.55. The van der Waals surface area contributed by atoms with Crippen LogP contribution in [0.25, 0.3) is 0 Å². The van der Waals surface area contributed by atoms with Crippen molar-refractivity contribution in [1.29, 1.82) is 0 Å². The van der Waals surface area contributed by atoms with Crippen molar-refractivity contribution in [3.05, 3.63) is 54.0 Å². The molecule has 8 heteroatoms. The number of carbonyl (C=O) groups excluding carboxylic acids is 1. The zero-order valence-corrected chi connectivity index (χ0v) is 18.7. The summed E-state index contributed by atoms with van der Waals surface area (Å²) in [6.07, 6.45) is 8.92. The van der Waals surface area contributed by atoms with Gasteiger partial charge in [-0.15, -0.1) is 0 Å². The number of piperidine rings is 2. The van der Waals surface area contributed by atoms with Crippen LogP contribution >= 0.6 is 0 Å². The fourth-order valence-corrected chi connectivity index (χ4v) is 4.80. The van der Waals surface area contributed by atoms with Gasteiger partial charge in [0.25, 0.3) is 0 Å². The molecule has 170 valence electrons. The van der Waals surface area contributed by atoms with Crippen LogP contribution in [0.3, 0.4) is 0 Å². The van der Waals surface area contributed by atoms with Gasteiger partial charge in [-0.05, 0) is 68.6 Å². The lowest BCUT2D eigenvalue weighted by molar-refractivity contribution is -0.138. The lowest BCUT2D eigenvalue weighted by Crippen LogP contribution is -2.46. The Morgan fingerprint density at radius 1 is 1.06 bits per heavy atom. The van der Waals surface area contributed by atoms with Gasteiger partial charge in [0.15, 0.2) is 0 Å². The highest BCUT2D eigenvalue weighted by Gasteiger charge is 2.32. The number of likely N-dealkylation sites (tertiary alicyclic amines) is 2. The summed E-state index contributed by atoms with van der Waals surface area (Å²) in [6, 6.07) is 7.85. The van der Waals surface area contributed by atoms with Crippen LogP contribution in [0, 0.1) is 11.8 Å². The molecule has 4 rings (SSSR count). The molecule has 0 aromatic carbocycles. The van der Waals surface area contributed by atoms with Crippen LogP contribution in [0.2, 0.25) is 0 Å². The van der Waals surface area contributed by atoms with Crippen molar-refractivity contribution in [3.63, 3.8) is 0 Å². The van der Waals surface area contributed by atoms with Crippen LogP contribution in [0.4, 0.5) is 5.82 Å². The van der Waals surface area contributed by atoms with Gasteiger partial charge in [0.2, 0.25) is 5.91 Å². The fraction of sp³-hybridized carbons (Fsp3) is 0.500. The van der Waals surface area contributed by atoms with E-state index in [1.807, 2.05) is 24.3 Å². The number of pyridine rings is 2. The highest BCUT2D eigenvalue weighted by atomic mass is 16.6. The normalized spacial score (nSPS) is 19.2. The van der Waals surface area contributed by atoms with E-state index in [1.54, 1.807) is 25.7 Å². The smallest absolute Gasteiger partial charge is 0.225 e. The second-order valence-corrected chi connectivity index (χ2v) is 8.63. The van der Waals surface area contributed by atoms with Gasteiger partial charge in [-0.1, -0.05) is 5.16 Å². The van der Waals surface area contributed by atoms with Crippen molar-refractivity contribution in [2.24, 2.45) is 17.0 Å². The van der Waals surface area contributed by atoms with Crippen LogP contribution in [0.15, 0.2) is 48.0 Å². The molecule has 2 fully saturated rings. The molecule has 1 amide bonds. The van der Waals surface area contributed by atoms with E-state index in [1.165, 1.54) is 5.56 Å². The van der Waals surface area contributed by atoms with Crippen molar-refractivity contribution in [1.82, 2.24) is 19.8 Å². The number of nitrogens with zero attached hydrogens (tertiary/aromatic N) is 5. The number of nitrogen functional groups attached to an aromatic ring is 1. The molecule has 2 aromatic rings. The van der Waals surface area contributed by atoms with E-state index in [-0.39, 0.29) is 11.8 Å². The molecule has 0 spiro atoms. The summed E-state index contributed by atoms with van der Waals surface area (Å²) in [5.74, 6) is 1.28. The van der Waals surface area contributed by atoms with Gasteiger partial charge in [0.1, 0.15) is 12.9 Å². The van der Waals surface area contributed by atoms with Gasteiger partial charge in [0, 0.05) is 55.6 Å². The standard InChI is InChI=1S/C24H32N6O2/c1-32-28-23(19-3-9-26-10-4-19)20-7-14-30(15-8-20)24(31)21-5-12-29(13-6-21)17-18-2-11-27-22(25)16-18/h2-4,9-11,16,20-21H,5-8,12-15,17H2,1H3,(H2,25,27)/b28-23-. The van der Waals surface area contributed by atoms with E-state index >= 15 is 0 Å². The highest BCUT2D eigenvalue weighted by Crippen LogP contribution is 2.27. The minimum atomic E-state index is 0.123. The Labute approximate surface area is 189 Å². The van der Waals surface area contributed by atoms with Gasteiger partial charge in [0.05, 0.1) is 5.71 Å². The Morgan fingerprint density at radius 3 is 2.41 bits per heavy atom. The topological polar surface area (TPSA) is 96.9 Å². The molecule has 8 nitrogen and oxygen atoms in total. The van der Waals surface area contributed by atoms with Crippen LogP contribution in [-0.4, -0.2) is 64.7 Å². The number of amides is 1. The first-order valence-corrected chi connectivity index (χ1v) is 11.4. The zero-order valence-electron chi connectivity index (χ0n) is 18.7. The summed E-state index contributed by atoms with van der Waals surface area (Å²) in [4.78, 5) is 30.9. The number of anilines is 1. The first-order chi connectivity index (χ1) is 15.6. The third-order valence-electron chi connectivity index (χ3n) is 6.55. The number of nitrogens with two attached hydrogens (primary N) is 1. The second kappa shape index (κ2) is 10.5. The number of rotatable bonds is 6. The van der Waals surface area contributed by atoms with Crippen LogP contribution in [0.1, 0.15) is 36.8 Å². The van der Waals surface area contributed by atoms with Gasteiger partial charge in [-0.3, -0.25) is 14.7 Å². The Bertz CT molecular complexity index is 919. The Balaban J connectivity index is 1.27. The van der Waals surface area contributed by atoms with E-state index < -0.39 is 0 Å². The molecule has 2 aliphatic rings. The van der Waals surface area contributed by atoms with Crippen molar-refractivity contribution in [2.75, 3.05) is 39.0 Å². The molecule has 4 heterocycles. The van der Waals surface area contributed by atoms with Crippen molar-refractivity contribution >= 4 is 17.4 Å². The molecule has 2 saturated heterocycles. The molecule has 0 unspecified atom stereocenters. The second-order valence-electron chi connectivity index (χ2n) is 8.63. The number of aromatic nitrogens is 2. The average Bonchev–Trinajstić information content (AvgIpc) is 2.83. The zero-order chi connectivity index (χ0) is 22.3. The summed E-state index contributed by atoms with van der Waals surface area (Å²) in [5.41, 5.74) is 8.95. The Morgan fingerprint density at radius 2 is 1.75 bits per heavy atom. The van der Waals surface area contributed by atoms with Crippen molar-refractivity contribution < 1.29 is 9.63 Å². The highest BCUT2D eigenvalue weighted by molar-refractivity contribution is 6.02. The third kappa shape index (κ3) is 5.43. The summed E-state index contributed by atoms with van der Waals surface area (Å²) in [6.45, 7) is 4.26. The molecule has 0 radical (unpaired) electrons. The number of oxime groups is 1. The SMILES string of the molecule is CO/N=C(/c1ccncc1)C1CCN(C(=O)C2CCN(Cc3ccnc(N)c3)CC2)CC1. The molecular weight excluding hydrogens is 404 g/mol. The first kappa shape index (κ1) is 22.2. The minimum Gasteiger partial charge on any atom is -0.399 e. The number of carbonyl (C=O) groups is 1.